The van der Waals surface area contributed by atoms with Gasteiger partial charge in [-0.1, -0.05) is 6.07 Å². The molecule has 6 nitrogen and oxygen atoms in total. The van der Waals surface area contributed by atoms with Gasteiger partial charge in [-0.3, -0.25) is 4.79 Å². The third-order valence-electron chi connectivity index (χ3n) is 2.52. The van der Waals surface area contributed by atoms with Crippen LogP contribution in [0.3, 0.4) is 0 Å². The molecule has 0 aliphatic heterocycles. The predicted octanol–water partition coefficient (Wildman–Crippen LogP) is -0.233. The fraction of sp³-hybridized carbons (Fsp3) is 0.364. The predicted molar refractivity (Wildman–Crippen MR) is 63.4 cm³/mol. The van der Waals surface area contributed by atoms with Gasteiger partial charge < -0.3 is 14.5 Å². The van der Waals surface area contributed by atoms with Gasteiger partial charge in [0.2, 0.25) is 0 Å². The van der Waals surface area contributed by atoms with E-state index in [1.165, 1.54) is 0 Å². The van der Waals surface area contributed by atoms with Gasteiger partial charge in [0.15, 0.2) is 0 Å². The second kappa shape index (κ2) is 5.40. The Morgan fingerprint density at radius 3 is 3.00 bits per heavy atom. The second-order valence-corrected chi connectivity index (χ2v) is 3.77. The van der Waals surface area contributed by atoms with Crippen LogP contribution in [0.1, 0.15) is 5.82 Å². The van der Waals surface area contributed by atoms with Crippen LogP contribution >= 0.6 is 0 Å². The second-order valence-electron chi connectivity index (χ2n) is 3.77. The summed E-state index contributed by atoms with van der Waals surface area (Å²) in [5.74, 6) is 0.880. The molecular formula is C11H15N5O. The van der Waals surface area contributed by atoms with Gasteiger partial charge in [-0.2, -0.15) is 0 Å². The van der Waals surface area contributed by atoms with Gasteiger partial charge in [0.1, 0.15) is 12.2 Å². The van der Waals surface area contributed by atoms with Crippen molar-refractivity contribution in [2.24, 2.45) is 7.05 Å². The number of hydrogen-bond donors (Lipinski definition) is 1. The fourth-order valence-corrected chi connectivity index (χ4v) is 1.51. The monoisotopic (exact) mass is 233 g/mol. The van der Waals surface area contributed by atoms with E-state index >= 15 is 0 Å². The van der Waals surface area contributed by atoms with Crippen molar-refractivity contribution in [2.45, 2.75) is 13.1 Å². The SMILES string of the molecule is Cn1cnnc1CNCCn1ccccc1=O. The molecule has 2 heterocycles. The molecule has 0 spiro atoms. The number of hydrogen-bond acceptors (Lipinski definition) is 4. The largest absolute Gasteiger partial charge is 0.320 e. The maximum atomic E-state index is 11.4. The van der Waals surface area contributed by atoms with Gasteiger partial charge in [-0.25, -0.2) is 0 Å². The van der Waals surface area contributed by atoms with Crippen molar-refractivity contribution in [3.05, 3.63) is 46.9 Å². The van der Waals surface area contributed by atoms with E-state index in [1.54, 1.807) is 29.2 Å². The molecule has 0 aromatic carbocycles. The molecule has 0 unspecified atom stereocenters. The molecule has 0 aliphatic carbocycles. The van der Waals surface area contributed by atoms with E-state index in [0.29, 0.717) is 13.1 Å². The minimum absolute atomic E-state index is 0.0213. The molecule has 0 fully saturated rings. The van der Waals surface area contributed by atoms with E-state index in [-0.39, 0.29) is 5.56 Å². The summed E-state index contributed by atoms with van der Waals surface area (Å²) in [5, 5.41) is 11.0. The molecule has 6 heteroatoms. The Hall–Kier alpha value is -1.95. The molecule has 0 bridgehead atoms. The molecule has 2 aromatic heterocycles. The highest BCUT2D eigenvalue weighted by molar-refractivity contribution is 4.93. The van der Waals surface area contributed by atoms with Crippen molar-refractivity contribution in [3.8, 4) is 0 Å². The maximum Gasteiger partial charge on any atom is 0.250 e. The minimum atomic E-state index is 0.0213. The zero-order chi connectivity index (χ0) is 12.1. The van der Waals surface area contributed by atoms with E-state index in [1.807, 2.05) is 17.7 Å². The van der Waals surface area contributed by atoms with Crippen LogP contribution in [0.4, 0.5) is 0 Å². The molecule has 2 rings (SSSR count). The first-order chi connectivity index (χ1) is 8.27. The third kappa shape index (κ3) is 3.01. The lowest BCUT2D eigenvalue weighted by Gasteiger charge is -2.06. The number of nitrogens with one attached hydrogen (secondary N) is 1. The molecule has 0 saturated carbocycles. The lowest BCUT2D eigenvalue weighted by Crippen LogP contribution is -2.26. The Labute approximate surface area is 98.9 Å². The minimum Gasteiger partial charge on any atom is -0.320 e. The third-order valence-corrected chi connectivity index (χ3v) is 2.52. The van der Waals surface area contributed by atoms with E-state index in [0.717, 1.165) is 12.4 Å². The molecule has 2 aromatic rings. The Morgan fingerprint density at radius 1 is 1.41 bits per heavy atom. The fourth-order valence-electron chi connectivity index (χ4n) is 1.51. The molecule has 17 heavy (non-hydrogen) atoms. The van der Waals surface area contributed by atoms with Crippen molar-refractivity contribution in [2.75, 3.05) is 6.54 Å². The van der Waals surface area contributed by atoms with Crippen LogP contribution in [0.15, 0.2) is 35.5 Å². The molecule has 0 amide bonds. The quantitative estimate of drug-likeness (QED) is 0.724. The molecule has 0 atom stereocenters. The molecule has 0 aliphatic rings. The highest BCUT2D eigenvalue weighted by Gasteiger charge is 1.99. The van der Waals surface area contributed by atoms with Gasteiger partial charge in [0.05, 0.1) is 6.54 Å². The summed E-state index contributed by atoms with van der Waals surface area (Å²) < 4.78 is 3.53. The van der Waals surface area contributed by atoms with E-state index in [9.17, 15) is 4.79 Å². The summed E-state index contributed by atoms with van der Waals surface area (Å²) in [7, 11) is 1.90. The van der Waals surface area contributed by atoms with Crippen molar-refractivity contribution < 1.29 is 0 Å². The van der Waals surface area contributed by atoms with Crippen molar-refractivity contribution >= 4 is 0 Å². The lowest BCUT2D eigenvalue weighted by atomic mass is 10.4. The van der Waals surface area contributed by atoms with Crippen LogP contribution in [0.5, 0.6) is 0 Å². The molecule has 90 valence electrons. The van der Waals surface area contributed by atoms with Crippen molar-refractivity contribution in [3.63, 3.8) is 0 Å². The summed E-state index contributed by atoms with van der Waals surface area (Å²) in [6.45, 7) is 2.02. The summed E-state index contributed by atoms with van der Waals surface area (Å²) in [6, 6.07) is 5.15. The van der Waals surface area contributed by atoms with E-state index < -0.39 is 0 Å². The number of aryl methyl sites for hydroxylation is 1. The number of pyridine rings is 1. The van der Waals surface area contributed by atoms with E-state index in [4.69, 9.17) is 0 Å². The summed E-state index contributed by atoms with van der Waals surface area (Å²) in [5.41, 5.74) is 0.0213. The standard InChI is InChI=1S/C11H15N5O/c1-15-9-13-14-10(15)8-12-5-7-16-6-3-2-4-11(16)17/h2-4,6,9,12H,5,7-8H2,1H3. The Kier molecular flexibility index (Phi) is 3.66. The zero-order valence-corrected chi connectivity index (χ0v) is 9.71. The maximum absolute atomic E-state index is 11.4. The average Bonchev–Trinajstić information content (AvgIpc) is 2.73. The summed E-state index contributed by atoms with van der Waals surface area (Å²) in [6.07, 6.45) is 3.45. The van der Waals surface area contributed by atoms with E-state index in [2.05, 4.69) is 15.5 Å². The average molecular weight is 233 g/mol. The van der Waals surface area contributed by atoms with Crippen LogP contribution < -0.4 is 10.9 Å². The summed E-state index contributed by atoms with van der Waals surface area (Å²) >= 11 is 0. The number of aromatic nitrogens is 4. The van der Waals surface area contributed by atoms with Gasteiger partial charge in [-0.15, -0.1) is 10.2 Å². The molecule has 1 N–H and O–H groups in total. The van der Waals surface area contributed by atoms with Crippen molar-refractivity contribution in [1.82, 2.24) is 24.6 Å². The Balaban J connectivity index is 1.79. The topological polar surface area (TPSA) is 64.7 Å². The first-order valence-corrected chi connectivity index (χ1v) is 5.46. The Bertz CT molecular complexity index is 530. The highest BCUT2D eigenvalue weighted by Crippen LogP contribution is 1.89. The lowest BCUT2D eigenvalue weighted by molar-refractivity contribution is 0.566. The van der Waals surface area contributed by atoms with Crippen LogP contribution in [-0.2, 0) is 20.1 Å². The van der Waals surface area contributed by atoms with Crippen LogP contribution in [0.2, 0.25) is 0 Å². The molecule has 0 saturated heterocycles. The summed E-state index contributed by atoms with van der Waals surface area (Å²) in [4.78, 5) is 11.4. The van der Waals surface area contributed by atoms with Crippen LogP contribution in [-0.4, -0.2) is 25.9 Å². The molecule has 0 radical (unpaired) electrons. The highest BCUT2D eigenvalue weighted by atomic mass is 16.1. The van der Waals surface area contributed by atoms with Crippen molar-refractivity contribution in [1.29, 1.82) is 0 Å². The first-order valence-electron chi connectivity index (χ1n) is 5.46. The van der Waals surface area contributed by atoms with Gasteiger partial charge in [-0.05, 0) is 6.07 Å². The molecular weight excluding hydrogens is 218 g/mol. The first kappa shape index (κ1) is 11.5. The van der Waals surface area contributed by atoms with Gasteiger partial charge in [0, 0.05) is 32.4 Å². The van der Waals surface area contributed by atoms with Crippen LogP contribution in [0, 0.1) is 0 Å². The number of rotatable bonds is 5. The van der Waals surface area contributed by atoms with Gasteiger partial charge in [0.25, 0.3) is 5.56 Å². The Morgan fingerprint density at radius 2 is 2.29 bits per heavy atom. The van der Waals surface area contributed by atoms with Crippen LogP contribution in [0.25, 0.3) is 0 Å². The number of nitrogens with zero attached hydrogens (tertiary/aromatic N) is 4. The normalized spacial score (nSPS) is 10.6. The zero-order valence-electron chi connectivity index (χ0n) is 9.71. The van der Waals surface area contributed by atoms with Gasteiger partial charge >= 0.3 is 0 Å². The smallest absolute Gasteiger partial charge is 0.250 e.